The van der Waals surface area contributed by atoms with Crippen LogP contribution in [0.5, 0.6) is 5.75 Å². The first-order chi connectivity index (χ1) is 12.1. The predicted octanol–water partition coefficient (Wildman–Crippen LogP) is 2.49. The first-order valence-electron chi connectivity index (χ1n) is 7.65. The molecule has 4 N–H and O–H groups in total. The maximum absolute atomic E-state index is 10.4. The van der Waals surface area contributed by atoms with Gasteiger partial charge >= 0.3 is 5.97 Å². The fourth-order valence-electron chi connectivity index (χ4n) is 2.01. The van der Waals surface area contributed by atoms with Crippen LogP contribution in [0.15, 0.2) is 73.1 Å². The molecule has 1 aromatic heterocycles. The molecule has 6 nitrogen and oxygen atoms in total. The second-order valence-corrected chi connectivity index (χ2v) is 5.25. The molecular weight excluding hydrogens is 318 g/mol. The third-order valence-corrected chi connectivity index (χ3v) is 3.31. The highest BCUT2D eigenvalue weighted by Gasteiger charge is 2.11. The second kappa shape index (κ2) is 9.14. The van der Waals surface area contributed by atoms with Gasteiger partial charge in [-0.1, -0.05) is 42.5 Å². The highest BCUT2D eigenvalue weighted by Crippen LogP contribution is 2.11. The zero-order valence-corrected chi connectivity index (χ0v) is 13.5. The van der Waals surface area contributed by atoms with E-state index in [4.69, 9.17) is 15.9 Å². The lowest BCUT2D eigenvalue weighted by atomic mass is 10.1. The Morgan fingerprint density at radius 2 is 1.56 bits per heavy atom. The van der Waals surface area contributed by atoms with Crippen molar-refractivity contribution in [1.82, 2.24) is 9.97 Å². The van der Waals surface area contributed by atoms with Crippen LogP contribution in [-0.2, 0) is 11.2 Å². The van der Waals surface area contributed by atoms with Crippen molar-refractivity contribution in [2.45, 2.75) is 12.5 Å². The van der Waals surface area contributed by atoms with E-state index in [1.807, 2.05) is 36.4 Å². The van der Waals surface area contributed by atoms with E-state index in [1.54, 1.807) is 24.5 Å². The number of aromatic hydroxyl groups is 1. The van der Waals surface area contributed by atoms with Crippen molar-refractivity contribution >= 4 is 5.97 Å². The Bertz CT molecular complexity index is 741. The number of carboxylic acid groups (broad SMARTS) is 1. The number of nitrogens with two attached hydrogens (primary N) is 1. The van der Waals surface area contributed by atoms with Gasteiger partial charge in [0.15, 0.2) is 5.82 Å². The van der Waals surface area contributed by atoms with E-state index in [0.29, 0.717) is 0 Å². The van der Waals surface area contributed by atoms with Crippen molar-refractivity contribution in [2.75, 3.05) is 0 Å². The molecule has 6 heteroatoms. The van der Waals surface area contributed by atoms with Crippen molar-refractivity contribution in [3.63, 3.8) is 0 Å². The molecule has 0 spiro atoms. The molecule has 0 saturated carbocycles. The Morgan fingerprint density at radius 3 is 2.12 bits per heavy atom. The van der Waals surface area contributed by atoms with Crippen LogP contribution in [0.1, 0.15) is 5.56 Å². The number of carbonyl (C=O) groups is 1. The Kier molecular flexibility index (Phi) is 6.62. The van der Waals surface area contributed by atoms with Crippen molar-refractivity contribution in [1.29, 1.82) is 0 Å². The highest BCUT2D eigenvalue weighted by molar-refractivity contribution is 5.73. The number of nitrogens with zero attached hydrogens (tertiary/aromatic N) is 2. The van der Waals surface area contributed by atoms with Gasteiger partial charge in [-0.15, -0.1) is 0 Å². The molecule has 3 aromatic rings. The number of phenolic OH excluding ortho intramolecular Hbond substituents is 1. The van der Waals surface area contributed by atoms with E-state index >= 15 is 0 Å². The molecule has 0 radical (unpaired) electrons. The molecule has 1 atom stereocenters. The lowest BCUT2D eigenvalue weighted by Gasteiger charge is -2.05. The van der Waals surface area contributed by atoms with E-state index in [1.165, 1.54) is 12.1 Å². The smallest absolute Gasteiger partial charge is 0.320 e. The number of benzene rings is 2. The summed E-state index contributed by atoms with van der Waals surface area (Å²) >= 11 is 0. The number of aliphatic carboxylic acids is 1. The minimum absolute atomic E-state index is 0.160. The first-order valence-corrected chi connectivity index (χ1v) is 7.65. The average Bonchev–Trinajstić information content (AvgIpc) is 2.65. The van der Waals surface area contributed by atoms with Gasteiger partial charge in [0.1, 0.15) is 11.8 Å². The summed E-state index contributed by atoms with van der Waals surface area (Å²) < 4.78 is 0. The Morgan fingerprint density at radius 1 is 0.960 bits per heavy atom. The first kappa shape index (κ1) is 18.1. The standard InChI is InChI=1S/C10H8N2.C9H11NO3/c1-2-5-9(6-3-1)10-11-7-4-8-12-10;10-8(9(12)13)5-6-1-3-7(11)4-2-6/h1-8H;1-4,8,11H,5,10H2,(H,12,13). The molecule has 0 amide bonds. The number of rotatable bonds is 4. The Hall–Kier alpha value is -3.25. The summed E-state index contributed by atoms with van der Waals surface area (Å²) in [5.74, 6) is -0.0844. The topological polar surface area (TPSA) is 109 Å². The Labute approximate surface area is 145 Å². The van der Waals surface area contributed by atoms with Crippen LogP contribution in [0.2, 0.25) is 0 Å². The number of carboxylic acids is 1. The van der Waals surface area contributed by atoms with E-state index in [-0.39, 0.29) is 12.2 Å². The van der Waals surface area contributed by atoms with Gasteiger partial charge < -0.3 is 15.9 Å². The monoisotopic (exact) mass is 337 g/mol. The Balaban J connectivity index is 0.000000181. The summed E-state index contributed by atoms with van der Waals surface area (Å²) in [4.78, 5) is 18.7. The van der Waals surface area contributed by atoms with Crippen LogP contribution in [0, 0.1) is 0 Å². The molecule has 0 saturated heterocycles. The third kappa shape index (κ3) is 6.04. The number of aromatic nitrogens is 2. The van der Waals surface area contributed by atoms with Crippen LogP contribution in [0.25, 0.3) is 11.4 Å². The van der Waals surface area contributed by atoms with Gasteiger partial charge in [0, 0.05) is 18.0 Å². The largest absolute Gasteiger partial charge is 0.508 e. The third-order valence-electron chi connectivity index (χ3n) is 3.31. The summed E-state index contributed by atoms with van der Waals surface area (Å²) in [6, 6.07) is 17.2. The molecule has 3 rings (SSSR count). The van der Waals surface area contributed by atoms with Gasteiger partial charge in [-0.25, -0.2) is 9.97 Å². The molecule has 2 aromatic carbocycles. The van der Waals surface area contributed by atoms with Gasteiger partial charge in [-0.05, 0) is 30.2 Å². The molecule has 0 aliphatic rings. The zero-order chi connectivity index (χ0) is 18.1. The molecule has 0 aliphatic heterocycles. The normalized spacial score (nSPS) is 11.1. The number of phenols is 1. The van der Waals surface area contributed by atoms with Gasteiger partial charge in [0.25, 0.3) is 0 Å². The van der Waals surface area contributed by atoms with Crippen LogP contribution in [0.3, 0.4) is 0 Å². The van der Waals surface area contributed by atoms with Crippen molar-refractivity contribution in [3.8, 4) is 17.1 Å². The molecule has 0 fully saturated rings. The lowest BCUT2D eigenvalue weighted by molar-refractivity contribution is -0.138. The van der Waals surface area contributed by atoms with Gasteiger partial charge in [0.05, 0.1) is 0 Å². The zero-order valence-electron chi connectivity index (χ0n) is 13.5. The minimum Gasteiger partial charge on any atom is -0.508 e. The lowest BCUT2D eigenvalue weighted by Crippen LogP contribution is -2.32. The summed E-state index contributed by atoms with van der Waals surface area (Å²) in [5, 5.41) is 17.5. The highest BCUT2D eigenvalue weighted by atomic mass is 16.4. The van der Waals surface area contributed by atoms with Crippen molar-refractivity contribution in [2.24, 2.45) is 5.73 Å². The average molecular weight is 337 g/mol. The van der Waals surface area contributed by atoms with Crippen LogP contribution < -0.4 is 5.73 Å². The van der Waals surface area contributed by atoms with Crippen LogP contribution >= 0.6 is 0 Å². The van der Waals surface area contributed by atoms with Crippen LogP contribution in [-0.4, -0.2) is 32.2 Å². The van der Waals surface area contributed by atoms with Gasteiger partial charge in [0.2, 0.25) is 0 Å². The summed E-state index contributed by atoms with van der Waals surface area (Å²) in [5.41, 5.74) is 7.18. The number of hydrogen-bond acceptors (Lipinski definition) is 5. The van der Waals surface area contributed by atoms with Crippen LogP contribution in [0.4, 0.5) is 0 Å². The molecular formula is C19H19N3O3. The molecule has 1 unspecified atom stereocenters. The van der Waals surface area contributed by atoms with Crippen molar-refractivity contribution < 1.29 is 15.0 Å². The fraction of sp³-hybridized carbons (Fsp3) is 0.105. The maximum Gasteiger partial charge on any atom is 0.320 e. The molecule has 128 valence electrons. The van der Waals surface area contributed by atoms with E-state index in [2.05, 4.69) is 9.97 Å². The van der Waals surface area contributed by atoms with Gasteiger partial charge in [-0.2, -0.15) is 0 Å². The molecule has 0 aliphatic carbocycles. The summed E-state index contributed by atoms with van der Waals surface area (Å²) in [7, 11) is 0. The summed E-state index contributed by atoms with van der Waals surface area (Å²) in [6.07, 6.45) is 3.76. The van der Waals surface area contributed by atoms with E-state index in [0.717, 1.165) is 17.0 Å². The van der Waals surface area contributed by atoms with Gasteiger partial charge in [-0.3, -0.25) is 4.79 Å². The minimum atomic E-state index is -1.02. The van der Waals surface area contributed by atoms with Crippen molar-refractivity contribution in [3.05, 3.63) is 78.6 Å². The van der Waals surface area contributed by atoms with E-state index < -0.39 is 12.0 Å². The van der Waals surface area contributed by atoms with E-state index in [9.17, 15) is 4.79 Å². The number of hydrogen-bond donors (Lipinski definition) is 3. The quantitative estimate of drug-likeness (QED) is 0.675. The molecule has 25 heavy (non-hydrogen) atoms. The maximum atomic E-state index is 10.4. The molecule has 1 heterocycles. The SMILES string of the molecule is NC(Cc1ccc(O)cc1)C(=O)O.c1ccc(-c2ncccn2)cc1. The second-order valence-electron chi connectivity index (χ2n) is 5.25. The molecule has 0 bridgehead atoms. The fourth-order valence-corrected chi connectivity index (χ4v) is 2.01. The predicted molar refractivity (Wildman–Crippen MR) is 94.9 cm³/mol. The summed E-state index contributed by atoms with van der Waals surface area (Å²) in [6.45, 7) is 0.